The number of fused-ring (bicyclic) bond motifs is 1. The highest BCUT2D eigenvalue weighted by atomic mass is 16.4. The van der Waals surface area contributed by atoms with Gasteiger partial charge in [-0.2, -0.15) is 5.10 Å². The van der Waals surface area contributed by atoms with Gasteiger partial charge in [0.2, 0.25) is 0 Å². The second-order valence-corrected chi connectivity index (χ2v) is 4.16. The molecule has 0 bridgehead atoms. The van der Waals surface area contributed by atoms with Gasteiger partial charge in [-0.1, -0.05) is 0 Å². The summed E-state index contributed by atoms with van der Waals surface area (Å²) in [5, 5.41) is 15.3. The molecule has 0 radical (unpaired) electrons. The number of carboxylic acids is 1. The van der Waals surface area contributed by atoms with Gasteiger partial charge in [-0.25, -0.2) is 5.10 Å². The number of rotatable bonds is 2. The van der Waals surface area contributed by atoms with E-state index in [1.54, 1.807) is 6.92 Å². The monoisotopic (exact) mass is 222 g/mol. The second kappa shape index (κ2) is 4.08. The van der Waals surface area contributed by atoms with Crippen LogP contribution in [0.4, 0.5) is 0 Å². The average molecular weight is 222 g/mol. The predicted molar refractivity (Wildman–Crippen MR) is 57.6 cm³/mol. The van der Waals surface area contributed by atoms with E-state index < -0.39 is 11.9 Å². The Morgan fingerprint density at radius 2 is 2.00 bits per heavy atom. The Labute approximate surface area is 92.5 Å². The van der Waals surface area contributed by atoms with Gasteiger partial charge in [-0.15, -0.1) is 0 Å². The lowest BCUT2D eigenvalue weighted by molar-refractivity contribution is -0.138. The summed E-state index contributed by atoms with van der Waals surface area (Å²) in [6.45, 7) is 1.60. The van der Waals surface area contributed by atoms with Crippen molar-refractivity contribution < 1.29 is 9.90 Å². The molecule has 5 heteroatoms. The van der Waals surface area contributed by atoms with Crippen LogP contribution < -0.4 is 5.56 Å². The summed E-state index contributed by atoms with van der Waals surface area (Å²) in [6, 6.07) is 0. The summed E-state index contributed by atoms with van der Waals surface area (Å²) >= 11 is 0. The predicted octanol–water partition coefficient (Wildman–Crippen LogP) is 0.837. The molecule has 0 saturated heterocycles. The summed E-state index contributed by atoms with van der Waals surface area (Å²) in [7, 11) is 0. The Kier molecular flexibility index (Phi) is 2.77. The third kappa shape index (κ3) is 1.73. The van der Waals surface area contributed by atoms with Crippen molar-refractivity contribution in [3.05, 3.63) is 27.2 Å². The van der Waals surface area contributed by atoms with Crippen LogP contribution in [0.2, 0.25) is 0 Å². The quantitative estimate of drug-likeness (QED) is 0.776. The van der Waals surface area contributed by atoms with E-state index >= 15 is 0 Å². The zero-order chi connectivity index (χ0) is 11.7. The van der Waals surface area contributed by atoms with Gasteiger partial charge in [0, 0.05) is 5.56 Å². The van der Waals surface area contributed by atoms with E-state index in [-0.39, 0.29) is 5.56 Å². The number of nitrogens with one attached hydrogen (secondary N) is 1. The first-order chi connectivity index (χ1) is 7.61. The SMILES string of the molecule is CC(C(=O)O)c1n[nH]c(=O)c2c1CCCC2. The van der Waals surface area contributed by atoms with Gasteiger partial charge in [-0.3, -0.25) is 9.59 Å². The first kappa shape index (κ1) is 10.9. The molecule has 1 atom stereocenters. The highest BCUT2D eigenvalue weighted by molar-refractivity contribution is 5.75. The summed E-state index contributed by atoms with van der Waals surface area (Å²) in [5.74, 6) is -1.57. The van der Waals surface area contributed by atoms with Gasteiger partial charge in [0.15, 0.2) is 0 Å². The molecular weight excluding hydrogens is 208 g/mol. The average Bonchev–Trinajstić information content (AvgIpc) is 2.29. The molecule has 1 aliphatic carbocycles. The Hall–Kier alpha value is -1.65. The molecule has 0 saturated carbocycles. The van der Waals surface area contributed by atoms with Crippen molar-refractivity contribution in [2.75, 3.05) is 0 Å². The second-order valence-electron chi connectivity index (χ2n) is 4.16. The van der Waals surface area contributed by atoms with Crippen LogP contribution in [0, 0.1) is 0 Å². The Balaban J connectivity index is 2.55. The van der Waals surface area contributed by atoms with E-state index in [4.69, 9.17) is 5.11 Å². The van der Waals surface area contributed by atoms with E-state index in [1.165, 1.54) is 0 Å². The normalized spacial score (nSPS) is 16.6. The Morgan fingerprint density at radius 1 is 1.38 bits per heavy atom. The number of nitrogens with zero attached hydrogens (tertiary/aromatic N) is 1. The van der Waals surface area contributed by atoms with E-state index in [2.05, 4.69) is 10.2 Å². The molecular formula is C11H14N2O3. The third-order valence-electron chi connectivity index (χ3n) is 3.11. The van der Waals surface area contributed by atoms with E-state index in [0.717, 1.165) is 36.8 Å². The van der Waals surface area contributed by atoms with Crippen molar-refractivity contribution in [1.29, 1.82) is 0 Å². The Bertz CT molecular complexity index is 479. The molecule has 0 aromatic carbocycles. The van der Waals surface area contributed by atoms with Crippen molar-refractivity contribution in [2.45, 2.75) is 38.5 Å². The summed E-state index contributed by atoms with van der Waals surface area (Å²) in [6.07, 6.45) is 3.48. The largest absolute Gasteiger partial charge is 0.481 e. The molecule has 0 aliphatic heterocycles. The van der Waals surface area contributed by atoms with Crippen LogP contribution in [0.15, 0.2) is 4.79 Å². The van der Waals surface area contributed by atoms with Crippen molar-refractivity contribution in [3.63, 3.8) is 0 Å². The van der Waals surface area contributed by atoms with Crippen LogP contribution in [0.5, 0.6) is 0 Å². The van der Waals surface area contributed by atoms with E-state index in [9.17, 15) is 9.59 Å². The summed E-state index contributed by atoms with van der Waals surface area (Å²) < 4.78 is 0. The smallest absolute Gasteiger partial charge is 0.312 e. The zero-order valence-electron chi connectivity index (χ0n) is 9.12. The fourth-order valence-electron chi connectivity index (χ4n) is 2.16. The number of carbonyl (C=O) groups is 1. The molecule has 1 aliphatic rings. The molecule has 0 fully saturated rings. The number of aromatic amines is 1. The van der Waals surface area contributed by atoms with Crippen molar-refractivity contribution in [1.82, 2.24) is 10.2 Å². The number of aromatic nitrogens is 2. The molecule has 0 spiro atoms. The number of hydrogen-bond donors (Lipinski definition) is 2. The van der Waals surface area contributed by atoms with E-state index in [1.807, 2.05) is 0 Å². The van der Waals surface area contributed by atoms with Gasteiger partial charge in [0.25, 0.3) is 5.56 Å². The lowest BCUT2D eigenvalue weighted by Gasteiger charge is -2.18. The zero-order valence-corrected chi connectivity index (χ0v) is 9.12. The van der Waals surface area contributed by atoms with Gasteiger partial charge in [0.05, 0.1) is 11.6 Å². The molecule has 1 aromatic rings. The van der Waals surface area contributed by atoms with Crippen LogP contribution in [0.1, 0.15) is 42.5 Å². The summed E-state index contributed by atoms with van der Waals surface area (Å²) in [4.78, 5) is 22.5. The molecule has 86 valence electrons. The lowest BCUT2D eigenvalue weighted by Crippen LogP contribution is -2.25. The molecule has 1 heterocycles. The van der Waals surface area contributed by atoms with Crippen molar-refractivity contribution in [2.24, 2.45) is 0 Å². The fourth-order valence-corrected chi connectivity index (χ4v) is 2.16. The number of H-pyrrole nitrogens is 1. The van der Waals surface area contributed by atoms with Crippen LogP contribution in [-0.4, -0.2) is 21.3 Å². The van der Waals surface area contributed by atoms with Gasteiger partial charge < -0.3 is 5.11 Å². The molecule has 16 heavy (non-hydrogen) atoms. The highest BCUT2D eigenvalue weighted by Gasteiger charge is 2.24. The highest BCUT2D eigenvalue weighted by Crippen LogP contribution is 2.24. The number of carboxylic acid groups (broad SMARTS) is 1. The minimum atomic E-state index is -0.910. The van der Waals surface area contributed by atoms with E-state index in [0.29, 0.717) is 5.69 Å². The standard InChI is InChI=1S/C11H14N2O3/c1-6(11(15)16)9-7-4-2-3-5-8(7)10(14)13-12-9/h6H,2-5H2,1H3,(H,13,14)(H,15,16). The van der Waals surface area contributed by atoms with Crippen LogP contribution in [0.3, 0.4) is 0 Å². The van der Waals surface area contributed by atoms with Crippen LogP contribution in [0.25, 0.3) is 0 Å². The topological polar surface area (TPSA) is 83.0 Å². The van der Waals surface area contributed by atoms with Gasteiger partial charge in [0.1, 0.15) is 0 Å². The number of hydrogen-bond acceptors (Lipinski definition) is 3. The van der Waals surface area contributed by atoms with Gasteiger partial charge >= 0.3 is 5.97 Å². The van der Waals surface area contributed by atoms with Crippen LogP contribution in [-0.2, 0) is 17.6 Å². The minimum absolute atomic E-state index is 0.170. The molecule has 1 unspecified atom stereocenters. The molecule has 1 aromatic heterocycles. The lowest BCUT2D eigenvalue weighted by atomic mass is 9.88. The first-order valence-electron chi connectivity index (χ1n) is 5.44. The maximum absolute atomic E-state index is 11.5. The third-order valence-corrected chi connectivity index (χ3v) is 3.11. The molecule has 0 amide bonds. The fraction of sp³-hybridized carbons (Fsp3) is 0.545. The van der Waals surface area contributed by atoms with Crippen LogP contribution >= 0.6 is 0 Å². The Morgan fingerprint density at radius 3 is 2.62 bits per heavy atom. The summed E-state index contributed by atoms with van der Waals surface area (Å²) in [5.41, 5.74) is 1.92. The van der Waals surface area contributed by atoms with Crippen molar-refractivity contribution in [3.8, 4) is 0 Å². The molecule has 5 nitrogen and oxygen atoms in total. The maximum atomic E-state index is 11.5. The van der Waals surface area contributed by atoms with Crippen molar-refractivity contribution >= 4 is 5.97 Å². The number of aliphatic carboxylic acids is 1. The molecule has 2 rings (SSSR count). The minimum Gasteiger partial charge on any atom is -0.481 e. The van der Waals surface area contributed by atoms with Gasteiger partial charge in [-0.05, 0) is 38.2 Å². The molecule has 2 N–H and O–H groups in total. The first-order valence-corrected chi connectivity index (χ1v) is 5.44. The maximum Gasteiger partial charge on any atom is 0.312 e.